The van der Waals surface area contributed by atoms with E-state index >= 15 is 0 Å². The molecule has 0 bridgehead atoms. The summed E-state index contributed by atoms with van der Waals surface area (Å²) < 4.78 is 0. The normalized spacial score (nSPS) is 11.2. The number of anilines is 1. The summed E-state index contributed by atoms with van der Waals surface area (Å²) in [6, 6.07) is 2.95. The Labute approximate surface area is 97.9 Å². The zero-order valence-corrected chi connectivity index (χ0v) is 9.17. The molecule has 8 nitrogen and oxygen atoms in total. The number of nitrogens with one attached hydrogen (secondary N) is 1. The van der Waals surface area contributed by atoms with E-state index in [1.54, 1.807) is 6.07 Å². The Morgan fingerprint density at radius 1 is 1.59 bits per heavy atom. The van der Waals surface area contributed by atoms with E-state index in [-0.39, 0.29) is 5.69 Å². The van der Waals surface area contributed by atoms with Crippen LogP contribution in [0.4, 0.5) is 11.5 Å². The molecule has 0 aliphatic carbocycles. The van der Waals surface area contributed by atoms with E-state index in [9.17, 15) is 10.1 Å². The van der Waals surface area contributed by atoms with Crippen LogP contribution in [0.5, 0.6) is 0 Å². The van der Waals surface area contributed by atoms with Crippen molar-refractivity contribution in [2.45, 2.75) is 12.8 Å². The zero-order chi connectivity index (χ0) is 12.7. The fourth-order valence-electron chi connectivity index (χ4n) is 1.15. The Morgan fingerprint density at radius 2 is 2.35 bits per heavy atom. The zero-order valence-electron chi connectivity index (χ0n) is 9.17. The summed E-state index contributed by atoms with van der Waals surface area (Å²) in [5.41, 5.74) is 5.38. The highest BCUT2D eigenvalue weighted by Crippen LogP contribution is 2.11. The van der Waals surface area contributed by atoms with Crippen molar-refractivity contribution < 1.29 is 4.92 Å². The molecular formula is C9H14N6O2. The van der Waals surface area contributed by atoms with Crippen molar-refractivity contribution in [3.05, 3.63) is 28.4 Å². The summed E-state index contributed by atoms with van der Waals surface area (Å²) in [4.78, 5) is 13.8. The van der Waals surface area contributed by atoms with Crippen molar-refractivity contribution in [3.63, 3.8) is 0 Å². The van der Waals surface area contributed by atoms with Crippen LogP contribution in [-0.4, -0.2) is 22.3 Å². The van der Waals surface area contributed by atoms with Crippen molar-refractivity contribution in [2.24, 2.45) is 16.7 Å². The van der Waals surface area contributed by atoms with Crippen LogP contribution in [0.15, 0.2) is 23.4 Å². The van der Waals surface area contributed by atoms with Gasteiger partial charge in [-0.1, -0.05) is 0 Å². The minimum atomic E-state index is -0.491. The van der Waals surface area contributed by atoms with Crippen LogP contribution in [-0.2, 0) is 0 Å². The highest BCUT2D eigenvalue weighted by atomic mass is 16.6. The smallest absolute Gasteiger partial charge is 0.287 e. The molecule has 0 saturated heterocycles. The maximum Gasteiger partial charge on any atom is 0.287 e. The quantitative estimate of drug-likeness (QED) is 0.164. The van der Waals surface area contributed by atoms with E-state index in [1.165, 1.54) is 12.3 Å². The monoisotopic (exact) mass is 238 g/mol. The third-order valence-electron chi connectivity index (χ3n) is 2.04. The van der Waals surface area contributed by atoms with Gasteiger partial charge in [0.05, 0.1) is 4.92 Å². The van der Waals surface area contributed by atoms with E-state index in [2.05, 4.69) is 15.4 Å². The fourth-order valence-corrected chi connectivity index (χ4v) is 1.15. The lowest BCUT2D eigenvalue weighted by Crippen LogP contribution is -2.15. The van der Waals surface area contributed by atoms with Crippen molar-refractivity contribution in [1.29, 1.82) is 0 Å². The molecule has 8 heteroatoms. The maximum atomic E-state index is 10.4. The van der Waals surface area contributed by atoms with E-state index in [0.29, 0.717) is 24.6 Å². The molecule has 0 aliphatic rings. The Morgan fingerprint density at radius 3 is 2.88 bits per heavy atom. The number of hydrogen-bond donors (Lipinski definition) is 3. The second-order valence-electron chi connectivity index (χ2n) is 3.31. The maximum absolute atomic E-state index is 10.4. The lowest BCUT2D eigenvalue weighted by Gasteiger charge is -2.04. The molecule has 0 amide bonds. The van der Waals surface area contributed by atoms with E-state index in [0.717, 1.165) is 6.42 Å². The molecule has 1 rings (SSSR count). The van der Waals surface area contributed by atoms with Crippen molar-refractivity contribution in [3.8, 4) is 0 Å². The summed E-state index contributed by atoms with van der Waals surface area (Å²) in [6.07, 6.45) is 2.56. The Kier molecular flexibility index (Phi) is 4.67. The number of nitrogens with zero attached hydrogens (tertiary/aromatic N) is 3. The van der Waals surface area contributed by atoms with Crippen LogP contribution < -0.4 is 16.9 Å². The second kappa shape index (κ2) is 6.26. The van der Waals surface area contributed by atoms with Gasteiger partial charge in [-0.2, -0.15) is 5.10 Å². The Balaban J connectivity index is 2.35. The fraction of sp³-hybridized carbons (Fsp3) is 0.333. The van der Waals surface area contributed by atoms with Crippen molar-refractivity contribution in [1.82, 2.24) is 4.98 Å². The summed E-state index contributed by atoms with van der Waals surface area (Å²) >= 11 is 0. The minimum absolute atomic E-state index is 0.0324. The topological polar surface area (TPSA) is 132 Å². The second-order valence-corrected chi connectivity index (χ2v) is 3.31. The van der Waals surface area contributed by atoms with Gasteiger partial charge in [0.2, 0.25) is 0 Å². The summed E-state index contributed by atoms with van der Waals surface area (Å²) in [5, 5.41) is 16.7. The SMILES string of the molecule is NN=C(N)CCCNc1ccc([N+](=O)[O-])cn1. The van der Waals surface area contributed by atoms with Gasteiger partial charge in [-0.25, -0.2) is 4.98 Å². The molecule has 1 aromatic rings. The molecule has 17 heavy (non-hydrogen) atoms. The van der Waals surface area contributed by atoms with E-state index < -0.39 is 4.92 Å². The van der Waals surface area contributed by atoms with Crippen LogP contribution in [0.1, 0.15) is 12.8 Å². The predicted octanol–water partition coefficient (Wildman–Crippen LogP) is 0.413. The average molecular weight is 238 g/mol. The van der Waals surface area contributed by atoms with Gasteiger partial charge in [0.25, 0.3) is 5.69 Å². The van der Waals surface area contributed by atoms with Gasteiger partial charge in [-0.05, 0) is 12.5 Å². The van der Waals surface area contributed by atoms with Gasteiger partial charge in [0.15, 0.2) is 0 Å². The van der Waals surface area contributed by atoms with Gasteiger partial charge in [0, 0.05) is 19.0 Å². The van der Waals surface area contributed by atoms with Crippen LogP contribution >= 0.6 is 0 Å². The van der Waals surface area contributed by atoms with Gasteiger partial charge >= 0.3 is 0 Å². The van der Waals surface area contributed by atoms with Gasteiger partial charge < -0.3 is 16.9 Å². The Bertz CT molecular complexity index is 402. The first-order valence-electron chi connectivity index (χ1n) is 5.00. The molecule has 1 aromatic heterocycles. The predicted molar refractivity (Wildman–Crippen MR) is 64.4 cm³/mol. The molecule has 0 unspecified atom stereocenters. The molecule has 0 aliphatic heterocycles. The third kappa shape index (κ3) is 4.33. The number of aromatic nitrogens is 1. The highest BCUT2D eigenvalue weighted by molar-refractivity contribution is 5.79. The number of hydrogen-bond acceptors (Lipinski definition) is 6. The van der Waals surface area contributed by atoms with Crippen LogP contribution in [0, 0.1) is 10.1 Å². The number of nitro groups is 1. The minimum Gasteiger partial charge on any atom is -0.386 e. The van der Waals surface area contributed by atoms with Crippen LogP contribution in [0.2, 0.25) is 0 Å². The van der Waals surface area contributed by atoms with E-state index in [1.807, 2.05) is 0 Å². The standard InChI is InChI=1S/C9H14N6O2/c10-8(14-11)2-1-5-12-9-4-3-7(6-13-9)15(16)17/h3-4,6H,1-2,5,11H2,(H2,10,14)(H,12,13). The first-order chi connectivity index (χ1) is 8.13. The van der Waals surface area contributed by atoms with Gasteiger partial charge in [-0.15, -0.1) is 0 Å². The lowest BCUT2D eigenvalue weighted by molar-refractivity contribution is -0.385. The lowest BCUT2D eigenvalue weighted by atomic mass is 10.3. The number of pyridine rings is 1. The molecule has 0 atom stereocenters. The van der Waals surface area contributed by atoms with Crippen molar-refractivity contribution >= 4 is 17.3 Å². The van der Waals surface area contributed by atoms with Crippen molar-refractivity contribution in [2.75, 3.05) is 11.9 Å². The molecule has 1 heterocycles. The van der Waals surface area contributed by atoms with Gasteiger partial charge in [-0.3, -0.25) is 10.1 Å². The molecule has 0 saturated carbocycles. The largest absolute Gasteiger partial charge is 0.386 e. The first-order valence-corrected chi connectivity index (χ1v) is 5.00. The average Bonchev–Trinajstić information content (AvgIpc) is 2.34. The molecular weight excluding hydrogens is 224 g/mol. The molecule has 0 fully saturated rings. The van der Waals surface area contributed by atoms with Crippen LogP contribution in [0.3, 0.4) is 0 Å². The third-order valence-corrected chi connectivity index (χ3v) is 2.04. The Hall–Kier alpha value is -2.38. The van der Waals surface area contributed by atoms with Gasteiger partial charge in [0.1, 0.15) is 17.9 Å². The number of hydrazone groups is 1. The molecule has 5 N–H and O–H groups in total. The summed E-state index contributed by atoms with van der Waals surface area (Å²) in [6.45, 7) is 0.640. The molecule has 92 valence electrons. The molecule has 0 aromatic carbocycles. The summed E-state index contributed by atoms with van der Waals surface area (Å²) in [7, 11) is 0. The molecule has 0 radical (unpaired) electrons. The highest BCUT2D eigenvalue weighted by Gasteiger charge is 2.04. The van der Waals surface area contributed by atoms with E-state index in [4.69, 9.17) is 11.6 Å². The number of nitrogens with two attached hydrogens (primary N) is 2. The summed E-state index contributed by atoms with van der Waals surface area (Å²) in [5.74, 6) is 5.95. The van der Waals surface area contributed by atoms with Crippen LogP contribution in [0.25, 0.3) is 0 Å². The number of amidine groups is 1. The molecule has 0 spiro atoms. The first kappa shape index (κ1) is 12.7. The number of rotatable bonds is 6.